The van der Waals surface area contributed by atoms with Crippen molar-refractivity contribution in [1.29, 1.82) is 0 Å². The third kappa shape index (κ3) is 4.37. The van der Waals surface area contributed by atoms with Crippen LogP contribution in [-0.4, -0.2) is 11.1 Å². The van der Waals surface area contributed by atoms with Crippen molar-refractivity contribution in [2.75, 3.05) is 0 Å². The molecule has 2 heteroatoms. The van der Waals surface area contributed by atoms with Crippen molar-refractivity contribution in [1.82, 2.24) is 0 Å². The lowest BCUT2D eigenvalue weighted by Gasteiger charge is -2.32. The largest absolute Gasteiger partial charge is 0.481 e. The van der Waals surface area contributed by atoms with Crippen LogP contribution in [0.3, 0.4) is 0 Å². The van der Waals surface area contributed by atoms with Gasteiger partial charge in [-0.3, -0.25) is 4.79 Å². The number of carboxylic acids is 1. The van der Waals surface area contributed by atoms with Crippen LogP contribution >= 0.6 is 0 Å². The molecular weight excluding hydrogens is 212 g/mol. The Bertz CT molecular complexity index is 295. The van der Waals surface area contributed by atoms with Crippen molar-refractivity contribution in [2.24, 2.45) is 11.3 Å². The quantitative estimate of drug-likeness (QED) is 0.526. The molecule has 17 heavy (non-hydrogen) atoms. The summed E-state index contributed by atoms with van der Waals surface area (Å²) in [6.45, 7) is 13.6. The minimum absolute atomic E-state index is 0.114. The summed E-state index contributed by atoms with van der Waals surface area (Å²) in [4.78, 5) is 11.4. The Morgan fingerprint density at radius 1 is 1.41 bits per heavy atom. The molecule has 2 nitrogen and oxygen atoms in total. The van der Waals surface area contributed by atoms with Crippen LogP contribution in [0.15, 0.2) is 23.8 Å². The summed E-state index contributed by atoms with van der Waals surface area (Å²) in [5.41, 5.74) is 1.25. The Labute approximate surface area is 105 Å². The van der Waals surface area contributed by atoms with Gasteiger partial charge in [-0.25, -0.2) is 0 Å². The van der Waals surface area contributed by atoms with E-state index in [2.05, 4.69) is 26.5 Å². The molecule has 0 amide bonds. The number of aliphatic carboxylic acids is 1. The Morgan fingerprint density at radius 2 is 1.94 bits per heavy atom. The Hall–Kier alpha value is -1.05. The van der Waals surface area contributed by atoms with E-state index in [-0.39, 0.29) is 5.92 Å². The van der Waals surface area contributed by atoms with Gasteiger partial charge >= 0.3 is 5.97 Å². The number of hydrogen-bond acceptors (Lipinski definition) is 1. The molecule has 0 rings (SSSR count). The zero-order chi connectivity index (χ0) is 13.6. The molecule has 0 radical (unpaired) electrons. The average molecular weight is 238 g/mol. The molecule has 0 aliphatic rings. The lowest BCUT2D eigenvalue weighted by Crippen LogP contribution is -2.35. The third-order valence-corrected chi connectivity index (χ3v) is 3.71. The molecule has 0 spiro atoms. The van der Waals surface area contributed by atoms with E-state index < -0.39 is 11.4 Å². The molecule has 0 saturated carbocycles. The molecular formula is C15H26O2. The van der Waals surface area contributed by atoms with Gasteiger partial charge in [-0.1, -0.05) is 30.7 Å². The van der Waals surface area contributed by atoms with Crippen molar-refractivity contribution in [3.8, 4) is 0 Å². The lowest BCUT2D eigenvalue weighted by atomic mass is 9.71. The standard InChI is InChI=1S/C15H26O2/c1-11(2)9-7-8-10-13(5)15(6,12(3)4)14(16)17/h9,13H,3,7-8,10H2,1-2,4-6H3,(H,16,17)/t13-,15-/m0/s1. The van der Waals surface area contributed by atoms with Gasteiger partial charge in [0.2, 0.25) is 0 Å². The molecule has 0 aromatic rings. The second-order valence-electron chi connectivity index (χ2n) is 5.40. The van der Waals surface area contributed by atoms with Gasteiger partial charge < -0.3 is 5.11 Å². The van der Waals surface area contributed by atoms with E-state index in [1.807, 2.05) is 6.92 Å². The fourth-order valence-electron chi connectivity index (χ4n) is 1.92. The SMILES string of the molecule is C=C(C)[C@](C)(C(=O)O)[C@@H](C)CCCC=C(C)C. The van der Waals surface area contributed by atoms with Crippen molar-refractivity contribution in [3.05, 3.63) is 23.8 Å². The number of hydrogen-bond donors (Lipinski definition) is 1. The predicted molar refractivity (Wildman–Crippen MR) is 73.0 cm³/mol. The first-order chi connectivity index (χ1) is 7.72. The van der Waals surface area contributed by atoms with E-state index in [0.29, 0.717) is 0 Å². The van der Waals surface area contributed by atoms with Crippen LogP contribution in [0.4, 0.5) is 0 Å². The molecule has 1 N–H and O–H groups in total. The normalized spacial score (nSPS) is 15.8. The minimum Gasteiger partial charge on any atom is -0.481 e. The molecule has 0 fully saturated rings. The molecule has 98 valence electrons. The molecule has 0 aromatic heterocycles. The van der Waals surface area contributed by atoms with Crippen LogP contribution in [0.2, 0.25) is 0 Å². The number of carbonyl (C=O) groups is 1. The first-order valence-electron chi connectivity index (χ1n) is 6.25. The fraction of sp³-hybridized carbons (Fsp3) is 0.667. The van der Waals surface area contributed by atoms with Gasteiger partial charge in [-0.05, 0) is 52.9 Å². The van der Waals surface area contributed by atoms with E-state index in [1.54, 1.807) is 13.8 Å². The summed E-state index contributed by atoms with van der Waals surface area (Å²) in [5, 5.41) is 9.35. The number of allylic oxidation sites excluding steroid dienone is 2. The summed E-state index contributed by atoms with van der Waals surface area (Å²) < 4.78 is 0. The molecule has 0 heterocycles. The highest BCUT2D eigenvalue weighted by Crippen LogP contribution is 2.37. The maximum absolute atomic E-state index is 11.4. The molecule has 0 aliphatic heterocycles. The van der Waals surface area contributed by atoms with E-state index in [9.17, 15) is 9.90 Å². The second kappa shape index (κ2) is 6.63. The van der Waals surface area contributed by atoms with E-state index in [1.165, 1.54) is 5.57 Å². The van der Waals surface area contributed by atoms with Crippen LogP contribution < -0.4 is 0 Å². The highest BCUT2D eigenvalue weighted by molar-refractivity contribution is 5.78. The van der Waals surface area contributed by atoms with Gasteiger partial charge in [-0.2, -0.15) is 0 Å². The molecule has 0 saturated heterocycles. The number of carboxylic acid groups (broad SMARTS) is 1. The van der Waals surface area contributed by atoms with Crippen molar-refractivity contribution >= 4 is 5.97 Å². The molecule has 0 aromatic carbocycles. The van der Waals surface area contributed by atoms with Crippen LogP contribution in [0, 0.1) is 11.3 Å². The fourth-order valence-corrected chi connectivity index (χ4v) is 1.92. The van der Waals surface area contributed by atoms with Crippen molar-refractivity contribution in [3.63, 3.8) is 0 Å². The predicted octanol–water partition coefficient (Wildman–Crippen LogP) is 4.43. The topological polar surface area (TPSA) is 37.3 Å². The smallest absolute Gasteiger partial charge is 0.313 e. The first-order valence-corrected chi connectivity index (χ1v) is 6.25. The maximum atomic E-state index is 11.4. The van der Waals surface area contributed by atoms with Crippen LogP contribution in [0.5, 0.6) is 0 Å². The summed E-state index contributed by atoms with van der Waals surface area (Å²) in [7, 11) is 0. The van der Waals surface area contributed by atoms with Gasteiger partial charge in [-0.15, -0.1) is 0 Å². The average Bonchev–Trinajstić information content (AvgIpc) is 2.21. The van der Waals surface area contributed by atoms with E-state index in [0.717, 1.165) is 24.8 Å². The minimum atomic E-state index is -0.801. The molecule has 0 bridgehead atoms. The van der Waals surface area contributed by atoms with E-state index >= 15 is 0 Å². The molecule has 0 unspecified atom stereocenters. The van der Waals surface area contributed by atoms with Gasteiger partial charge in [0.05, 0.1) is 5.41 Å². The molecule has 2 atom stereocenters. The summed E-state index contributed by atoms with van der Waals surface area (Å²) in [6.07, 6.45) is 5.17. The lowest BCUT2D eigenvalue weighted by molar-refractivity contribution is -0.148. The Kier molecular flexibility index (Phi) is 6.22. The molecule has 0 aliphatic carbocycles. The number of unbranched alkanes of at least 4 members (excludes halogenated alkanes) is 1. The van der Waals surface area contributed by atoms with Crippen LogP contribution in [-0.2, 0) is 4.79 Å². The highest BCUT2D eigenvalue weighted by Gasteiger charge is 2.39. The van der Waals surface area contributed by atoms with Crippen molar-refractivity contribution < 1.29 is 9.90 Å². The Morgan fingerprint density at radius 3 is 2.29 bits per heavy atom. The monoisotopic (exact) mass is 238 g/mol. The van der Waals surface area contributed by atoms with Crippen LogP contribution in [0.1, 0.15) is 53.9 Å². The van der Waals surface area contributed by atoms with E-state index in [4.69, 9.17) is 0 Å². The second-order valence-corrected chi connectivity index (χ2v) is 5.40. The zero-order valence-electron chi connectivity index (χ0n) is 11.8. The van der Waals surface area contributed by atoms with Gasteiger partial charge in [0.1, 0.15) is 0 Å². The summed E-state index contributed by atoms with van der Waals surface area (Å²) in [5.74, 6) is -0.650. The first kappa shape index (κ1) is 16.0. The van der Waals surface area contributed by atoms with Gasteiger partial charge in [0, 0.05) is 0 Å². The van der Waals surface area contributed by atoms with Gasteiger partial charge in [0.15, 0.2) is 0 Å². The van der Waals surface area contributed by atoms with Gasteiger partial charge in [0.25, 0.3) is 0 Å². The third-order valence-electron chi connectivity index (χ3n) is 3.71. The summed E-state index contributed by atoms with van der Waals surface area (Å²) >= 11 is 0. The number of rotatable bonds is 7. The zero-order valence-corrected chi connectivity index (χ0v) is 11.8. The summed E-state index contributed by atoms with van der Waals surface area (Å²) in [6, 6.07) is 0. The maximum Gasteiger partial charge on any atom is 0.313 e. The highest BCUT2D eigenvalue weighted by atomic mass is 16.4. The Balaban J connectivity index is 4.46. The van der Waals surface area contributed by atoms with Crippen LogP contribution in [0.25, 0.3) is 0 Å². The van der Waals surface area contributed by atoms with Crippen molar-refractivity contribution in [2.45, 2.75) is 53.9 Å².